The van der Waals surface area contributed by atoms with Crippen LogP contribution in [0.4, 0.5) is 4.39 Å². The second-order valence-electron chi connectivity index (χ2n) is 7.45. The van der Waals surface area contributed by atoms with Gasteiger partial charge in [-0.15, -0.1) is 0 Å². The van der Waals surface area contributed by atoms with Crippen molar-refractivity contribution in [3.8, 4) is 0 Å². The number of aryl methyl sites for hydroxylation is 1. The standard InChI is InChI=1S/C24H23ClFNO4S/c25-20-10-14-22(15-11-20)32(30,31)27-23(16-18-6-12-21(26)13-7-18)19-8-4-17(5-9-19)2-1-3-24(28)29/h4-15,23,27H,1-3,16H2,(H,28,29). The lowest BCUT2D eigenvalue weighted by atomic mass is 9.97. The first-order valence-corrected chi connectivity index (χ1v) is 11.9. The van der Waals surface area contributed by atoms with Gasteiger partial charge < -0.3 is 5.11 Å². The zero-order valence-corrected chi connectivity index (χ0v) is 18.7. The molecule has 0 amide bonds. The minimum absolute atomic E-state index is 0.0931. The molecule has 8 heteroatoms. The molecule has 3 rings (SSSR count). The third kappa shape index (κ3) is 6.88. The van der Waals surface area contributed by atoms with Crippen molar-refractivity contribution in [3.05, 3.63) is 100 Å². The minimum atomic E-state index is -3.83. The number of benzene rings is 3. The van der Waals surface area contributed by atoms with Crippen LogP contribution in [0.1, 0.15) is 35.6 Å². The van der Waals surface area contributed by atoms with Crippen LogP contribution in [0.25, 0.3) is 0 Å². The van der Waals surface area contributed by atoms with Gasteiger partial charge in [-0.25, -0.2) is 17.5 Å². The molecule has 0 aromatic heterocycles. The highest BCUT2D eigenvalue weighted by Crippen LogP contribution is 2.24. The molecule has 5 nitrogen and oxygen atoms in total. The number of sulfonamides is 1. The number of aliphatic carboxylic acids is 1. The molecule has 1 unspecified atom stereocenters. The summed E-state index contributed by atoms with van der Waals surface area (Å²) >= 11 is 5.87. The normalized spacial score (nSPS) is 12.4. The number of carbonyl (C=O) groups is 1. The fourth-order valence-corrected chi connectivity index (χ4v) is 4.66. The van der Waals surface area contributed by atoms with Crippen molar-refractivity contribution in [1.29, 1.82) is 0 Å². The third-order valence-electron chi connectivity index (χ3n) is 5.01. The molecule has 1 atom stereocenters. The molecule has 168 valence electrons. The summed E-state index contributed by atoms with van der Waals surface area (Å²) in [5.74, 6) is -1.20. The van der Waals surface area contributed by atoms with Crippen molar-refractivity contribution in [1.82, 2.24) is 4.72 Å². The lowest BCUT2D eigenvalue weighted by Crippen LogP contribution is -2.30. The molecule has 0 fully saturated rings. The Balaban J connectivity index is 1.84. The highest BCUT2D eigenvalue weighted by atomic mass is 35.5. The quantitative estimate of drug-likeness (QED) is 0.425. The Morgan fingerprint density at radius 3 is 2.12 bits per heavy atom. The van der Waals surface area contributed by atoms with Crippen LogP contribution in [0.2, 0.25) is 5.02 Å². The van der Waals surface area contributed by atoms with Crippen LogP contribution in [0.15, 0.2) is 77.7 Å². The summed E-state index contributed by atoms with van der Waals surface area (Å²) in [6.45, 7) is 0. The Morgan fingerprint density at radius 2 is 1.53 bits per heavy atom. The van der Waals surface area contributed by atoms with Crippen molar-refractivity contribution in [2.75, 3.05) is 0 Å². The van der Waals surface area contributed by atoms with Crippen LogP contribution in [0, 0.1) is 5.82 Å². The Kier molecular flexibility index (Phi) is 8.01. The molecule has 0 aliphatic rings. The van der Waals surface area contributed by atoms with Crippen LogP contribution in [0.3, 0.4) is 0 Å². The Labute approximate surface area is 191 Å². The third-order valence-corrected chi connectivity index (χ3v) is 6.75. The second-order valence-corrected chi connectivity index (χ2v) is 9.60. The van der Waals surface area contributed by atoms with Gasteiger partial charge in [0.05, 0.1) is 10.9 Å². The van der Waals surface area contributed by atoms with Gasteiger partial charge in [0.25, 0.3) is 0 Å². The van der Waals surface area contributed by atoms with Crippen molar-refractivity contribution in [3.63, 3.8) is 0 Å². The van der Waals surface area contributed by atoms with Gasteiger partial charge in [-0.3, -0.25) is 4.79 Å². The highest BCUT2D eigenvalue weighted by Gasteiger charge is 2.22. The first kappa shape index (κ1) is 23.9. The second kappa shape index (κ2) is 10.7. The molecular formula is C24H23ClFNO4S. The molecule has 2 N–H and O–H groups in total. The van der Waals surface area contributed by atoms with Crippen LogP contribution < -0.4 is 4.72 Å². The molecule has 0 saturated heterocycles. The van der Waals surface area contributed by atoms with Crippen molar-refractivity contribution < 1.29 is 22.7 Å². The van der Waals surface area contributed by atoms with E-state index in [-0.39, 0.29) is 17.1 Å². The molecule has 0 spiro atoms. The Hall–Kier alpha value is -2.74. The summed E-state index contributed by atoms with van der Waals surface area (Å²) in [7, 11) is -3.83. The molecule has 0 bridgehead atoms. The maximum atomic E-state index is 13.3. The fraction of sp³-hybridized carbons (Fsp3) is 0.208. The van der Waals surface area contributed by atoms with Crippen LogP contribution >= 0.6 is 11.6 Å². The van der Waals surface area contributed by atoms with Crippen LogP contribution in [-0.4, -0.2) is 19.5 Å². The van der Waals surface area contributed by atoms with Crippen LogP contribution in [0.5, 0.6) is 0 Å². The molecule has 0 saturated carbocycles. The van der Waals surface area contributed by atoms with Crippen molar-refractivity contribution in [2.45, 2.75) is 36.6 Å². The summed E-state index contributed by atoms with van der Waals surface area (Å²) in [5.41, 5.74) is 2.49. The number of carboxylic acids is 1. The van der Waals surface area contributed by atoms with Gasteiger partial charge in [-0.05, 0) is 72.4 Å². The first-order valence-electron chi connectivity index (χ1n) is 10.1. The molecule has 0 radical (unpaired) electrons. The number of carboxylic acid groups (broad SMARTS) is 1. The van der Waals surface area contributed by atoms with E-state index in [0.29, 0.717) is 24.3 Å². The maximum absolute atomic E-state index is 13.3. The SMILES string of the molecule is O=C(O)CCCc1ccc(C(Cc2ccc(F)cc2)NS(=O)(=O)c2ccc(Cl)cc2)cc1. The molecule has 0 aliphatic carbocycles. The van der Waals surface area contributed by atoms with E-state index in [1.807, 2.05) is 24.3 Å². The lowest BCUT2D eigenvalue weighted by molar-refractivity contribution is -0.137. The summed E-state index contributed by atoms with van der Waals surface area (Å²) in [4.78, 5) is 10.8. The van der Waals surface area contributed by atoms with E-state index in [2.05, 4.69) is 4.72 Å². The number of hydrogen-bond acceptors (Lipinski definition) is 3. The van der Waals surface area contributed by atoms with Gasteiger partial charge in [0.15, 0.2) is 0 Å². The van der Waals surface area contributed by atoms with E-state index in [1.165, 1.54) is 36.4 Å². The average molecular weight is 476 g/mol. The minimum Gasteiger partial charge on any atom is -0.481 e. The van der Waals surface area contributed by atoms with Gasteiger partial charge in [0.2, 0.25) is 10.0 Å². The lowest BCUT2D eigenvalue weighted by Gasteiger charge is -2.20. The number of nitrogens with one attached hydrogen (secondary N) is 1. The van der Waals surface area contributed by atoms with E-state index < -0.39 is 22.0 Å². The summed E-state index contributed by atoms with van der Waals surface area (Å²) in [6.07, 6.45) is 1.56. The maximum Gasteiger partial charge on any atom is 0.303 e. The monoisotopic (exact) mass is 475 g/mol. The van der Waals surface area contributed by atoms with Gasteiger partial charge in [-0.2, -0.15) is 0 Å². The van der Waals surface area contributed by atoms with E-state index in [4.69, 9.17) is 16.7 Å². The van der Waals surface area contributed by atoms with Gasteiger partial charge in [-0.1, -0.05) is 48.0 Å². The van der Waals surface area contributed by atoms with E-state index in [9.17, 15) is 17.6 Å². The largest absolute Gasteiger partial charge is 0.481 e. The summed E-state index contributed by atoms with van der Waals surface area (Å²) < 4.78 is 42.0. The van der Waals surface area contributed by atoms with Crippen molar-refractivity contribution in [2.24, 2.45) is 0 Å². The van der Waals surface area contributed by atoms with E-state index in [0.717, 1.165) is 16.7 Å². The zero-order valence-electron chi connectivity index (χ0n) is 17.2. The predicted octanol–water partition coefficient (Wildman–Crippen LogP) is 5.15. The average Bonchev–Trinajstić information content (AvgIpc) is 2.75. The molecule has 32 heavy (non-hydrogen) atoms. The van der Waals surface area contributed by atoms with Crippen molar-refractivity contribution >= 4 is 27.6 Å². The molecule has 3 aromatic carbocycles. The topological polar surface area (TPSA) is 83.5 Å². The summed E-state index contributed by atoms with van der Waals surface area (Å²) in [5, 5.41) is 9.22. The van der Waals surface area contributed by atoms with Gasteiger partial charge >= 0.3 is 5.97 Å². The van der Waals surface area contributed by atoms with E-state index in [1.54, 1.807) is 12.1 Å². The smallest absolute Gasteiger partial charge is 0.303 e. The van der Waals surface area contributed by atoms with Gasteiger partial charge in [0.1, 0.15) is 5.82 Å². The number of hydrogen-bond donors (Lipinski definition) is 2. The van der Waals surface area contributed by atoms with E-state index >= 15 is 0 Å². The zero-order chi connectivity index (χ0) is 23.1. The first-order chi connectivity index (χ1) is 15.2. The summed E-state index contributed by atoms with van der Waals surface area (Å²) in [6, 6.07) is 18.6. The molecule has 0 heterocycles. The van der Waals surface area contributed by atoms with Gasteiger partial charge in [0, 0.05) is 11.4 Å². The highest BCUT2D eigenvalue weighted by molar-refractivity contribution is 7.89. The number of halogens is 2. The fourth-order valence-electron chi connectivity index (χ4n) is 3.31. The molecule has 0 aliphatic heterocycles. The van der Waals surface area contributed by atoms with Crippen LogP contribution in [-0.2, 0) is 27.7 Å². The Morgan fingerprint density at radius 1 is 0.938 bits per heavy atom. The molecular weight excluding hydrogens is 453 g/mol. The number of rotatable bonds is 10. The Bertz CT molecular complexity index is 1150. The molecule has 3 aromatic rings. The predicted molar refractivity (Wildman–Crippen MR) is 122 cm³/mol.